The highest BCUT2D eigenvalue weighted by Crippen LogP contribution is 2.35. The Morgan fingerprint density at radius 2 is 2.17 bits per heavy atom. The van der Waals surface area contributed by atoms with Crippen molar-refractivity contribution in [2.45, 2.75) is 38.8 Å². The lowest BCUT2D eigenvalue weighted by Gasteiger charge is -2.44. The molecule has 0 unspecified atom stereocenters. The van der Waals surface area contributed by atoms with E-state index in [4.69, 9.17) is 14.0 Å². The number of rotatable bonds is 3. The number of aryl methyl sites for hydroxylation is 1. The molecule has 0 spiro atoms. The Labute approximate surface area is 142 Å². The van der Waals surface area contributed by atoms with E-state index >= 15 is 0 Å². The van der Waals surface area contributed by atoms with Crippen LogP contribution in [0, 0.1) is 18.8 Å². The number of furan rings is 1. The summed E-state index contributed by atoms with van der Waals surface area (Å²) in [7, 11) is 0. The highest BCUT2D eigenvalue weighted by molar-refractivity contribution is 5.78. The Morgan fingerprint density at radius 1 is 1.25 bits per heavy atom. The number of piperidine rings is 1. The van der Waals surface area contributed by atoms with Crippen LogP contribution in [0.25, 0.3) is 0 Å². The van der Waals surface area contributed by atoms with Gasteiger partial charge in [0.1, 0.15) is 11.5 Å². The molecule has 4 rings (SSSR count). The zero-order valence-corrected chi connectivity index (χ0v) is 14.3. The highest BCUT2D eigenvalue weighted by Gasteiger charge is 2.43. The molecule has 3 atom stereocenters. The van der Waals surface area contributed by atoms with Crippen LogP contribution >= 0.6 is 0 Å². The van der Waals surface area contributed by atoms with E-state index in [9.17, 15) is 4.79 Å². The lowest BCUT2D eigenvalue weighted by atomic mass is 9.79. The highest BCUT2D eigenvalue weighted by atomic mass is 16.7. The molecule has 1 aromatic rings. The van der Waals surface area contributed by atoms with E-state index in [1.807, 2.05) is 19.1 Å². The number of fused-ring (bicyclic) bond motifs is 1. The molecule has 3 aliphatic heterocycles. The van der Waals surface area contributed by atoms with Gasteiger partial charge in [-0.3, -0.25) is 14.5 Å². The summed E-state index contributed by atoms with van der Waals surface area (Å²) >= 11 is 0. The third-order valence-corrected chi connectivity index (χ3v) is 5.45. The topological polar surface area (TPSA) is 55.2 Å². The predicted molar refractivity (Wildman–Crippen MR) is 87.0 cm³/mol. The van der Waals surface area contributed by atoms with Gasteiger partial charge >= 0.3 is 0 Å². The minimum Gasteiger partial charge on any atom is -0.465 e. The largest absolute Gasteiger partial charge is 0.465 e. The Bertz CT molecular complexity index is 581. The van der Waals surface area contributed by atoms with Crippen molar-refractivity contribution >= 4 is 5.91 Å². The van der Waals surface area contributed by atoms with Crippen molar-refractivity contribution in [1.82, 2.24) is 9.96 Å². The van der Waals surface area contributed by atoms with E-state index in [0.717, 1.165) is 57.0 Å². The van der Waals surface area contributed by atoms with E-state index in [1.165, 1.54) is 0 Å². The number of carbonyl (C=O) groups excluding carboxylic acids is 1. The van der Waals surface area contributed by atoms with E-state index in [-0.39, 0.29) is 23.8 Å². The summed E-state index contributed by atoms with van der Waals surface area (Å²) in [6.45, 7) is 6.71. The molecule has 3 saturated heterocycles. The van der Waals surface area contributed by atoms with Crippen molar-refractivity contribution in [3.63, 3.8) is 0 Å². The fourth-order valence-electron chi connectivity index (χ4n) is 4.23. The second kappa shape index (κ2) is 6.86. The second-order valence-electron chi connectivity index (χ2n) is 7.13. The van der Waals surface area contributed by atoms with Gasteiger partial charge in [-0.2, -0.15) is 0 Å². The Hall–Kier alpha value is -1.37. The zero-order valence-electron chi connectivity index (χ0n) is 14.3. The summed E-state index contributed by atoms with van der Waals surface area (Å²) in [5, 5.41) is 1.59. The summed E-state index contributed by atoms with van der Waals surface area (Å²) in [5.74, 6) is 2.36. The number of carbonyl (C=O) groups is 1. The quantitative estimate of drug-likeness (QED) is 0.846. The molecular formula is C18H26N2O4. The van der Waals surface area contributed by atoms with Crippen LogP contribution in [0.1, 0.15) is 30.8 Å². The SMILES string of the molecule is Cc1ccc(CN2CC[C@@H]3OCC[C@H](C(=O)N4CCCO4)[C@@H]3C2)o1. The van der Waals surface area contributed by atoms with E-state index in [2.05, 4.69) is 4.90 Å². The molecule has 0 saturated carbocycles. The molecule has 3 fully saturated rings. The third-order valence-electron chi connectivity index (χ3n) is 5.45. The van der Waals surface area contributed by atoms with Crippen molar-refractivity contribution < 1.29 is 18.8 Å². The predicted octanol–water partition coefficient (Wildman–Crippen LogP) is 1.98. The summed E-state index contributed by atoms with van der Waals surface area (Å²) in [6, 6.07) is 4.04. The third kappa shape index (κ3) is 3.23. The first-order chi connectivity index (χ1) is 11.7. The molecule has 0 aliphatic carbocycles. The molecule has 6 heteroatoms. The lowest BCUT2D eigenvalue weighted by Crippen LogP contribution is -2.53. The average Bonchev–Trinajstić information content (AvgIpc) is 3.25. The number of hydrogen-bond acceptors (Lipinski definition) is 5. The number of amides is 1. The molecular weight excluding hydrogens is 308 g/mol. The average molecular weight is 334 g/mol. The smallest absolute Gasteiger partial charge is 0.249 e. The van der Waals surface area contributed by atoms with Gasteiger partial charge < -0.3 is 9.15 Å². The van der Waals surface area contributed by atoms with Crippen molar-refractivity contribution in [3.05, 3.63) is 23.7 Å². The Balaban J connectivity index is 1.43. The number of hydrogen-bond donors (Lipinski definition) is 0. The monoisotopic (exact) mass is 334 g/mol. The van der Waals surface area contributed by atoms with Crippen LogP contribution in [0.15, 0.2) is 16.5 Å². The summed E-state index contributed by atoms with van der Waals surface area (Å²) < 4.78 is 11.7. The van der Waals surface area contributed by atoms with Gasteiger partial charge in [0.25, 0.3) is 0 Å². The molecule has 0 bridgehead atoms. The number of nitrogens with zero attached hydrogens (tertiary/aromatic N) is 2. The van der Waals surface area contributed by atoms with Crippen LogP contribution in [0.4, 0.5) is 0 Å². The maximum absolute atomic E-state index is 12.8. The second-order valence-corrected chi connectivity index (χ2v) is 7.13. The summed E-state index contributed by atoms with van der Waals surface area (Å²) in [6.07, 6.45) is 2.92. The number of hydroxylamine groups is 2. The molecule has 3 aliphatic rings. The van der Waals surface area contributed by atoms with Gasteiger partial charge in [-0.05, 0) is 38.3 Å². The molecule has 24 heavy (non-hydrogen) atoms. The van der Waals surface area contributed by atoms with Crippen molar-refractivity contribution in [1.29, 1.82) is 0 Å². The fourth-order valence-corrected chi connectivity index (χ4v) is 4.23. The van der Waals surface area contributed by atoms with Crippen LogP contribution in [-0.2, 0) is 20.9 Å². The molecule has 0 radical (unpaired) electrons. The molecule has 1 aromatic heterocycles. The van der Waals surface area contributed by atoms with Crippen molar-refractivity contribution in [2.75, 3.05) is 32.8 Å². The summed E-state index contributed by atoms with van der Waals surface area (Å²) in [5.41, 5.74) is 0. The molecule has 4 heterocycles. The first-order valence-electron chi connectivity index (χ1n) is 9.04. The van der Waals surface area contributed by atoms with E-state index < -0.39 is 0 Å². The van der Waals surface area contributed by atoms with Crippen LogP contribution in [0.2, 0.25) is 0 Å². The van der Waals surface area contributed by atoms with Gasteiger partial charge in [0, 0.05) is 31.5 Å². The van der Waals surface area contributed by atoms with Gasteiger partial charge in [-0.15, -0.1) is 0 Å². The lowest BCUT2D eigenvalue weighted by molar-refractivity contribution is -0.185. The van der Waals surface area contributed by atoms with Gasteiger partial charge in [0.05, 0.1) is 25.8 Å². The van der Waals surface area contributed by atoms with Gasteiger partial charge in [0.2, 0.25) is 5.91 Å². The standard InChI is InChI=1S/C18H26N2O4/c1-13-3-4-14(24-13)11-19-8-5-17-16(12-19)15(6-10-22-17)18(21)20-7-2-9-23-20/h3-4,15-17H,2,5-12H2,1H3/t15-,16-,17-/m0/s1. The van der Waals surface area contributed by atoms with Crippen molar-refractivity contribution in [3.8, 4) is 0 Å². The van der Waals surface area contributed by atoms with Crippen LogP contribution in [-0.4, -0.2) is 54.8 Å². The van der Waals surface area contributed by atoms with Crippen molar-refractivity contribution in [2.24, 2.45) is 11.8 Å². The zero-order chi connectivity index (χ0) is 16.5. The minimum absolute atomic E-state index is 0.0167. The molecule has 0 aromatic carbocycles. The maximum atomic E-state index is 12.8. The molecule has 6 nitrogen and oxygen atoms in total. The van der Waals surface area contributed by atoms with E-state index in [1.54, 1.807) is 5.06 Å². The Kier molecular flexibility index (Phi) is 4.61. The molecule has 0 N–H and O–H groups in total. The molecule has 132 valence electrons. The van der Waals surface area contributed by atoms with E-state index in [0.29, 0.717) is 13.2 Å². The van der Waals surface area contributed by atoms with Gasteiger partial charge in [-0.1, -0.05) is 0 Å². The van der Waals surface area contributed by atoms with Crippen LogP contribution in [0.3, 0.4) is 0 Å². The number of ether oxygens (including phenoxy) is 1. The van der Waals surface area contributed by atoms with Crippen LogP contribution < -0.4 is 0 Å². The fraction of sp³-hybridized carbons (Fsp3) is 0.722. The summed E-state index contributed by atoms with van der Waals surface area (Å²) in [4.78, 5) is 20.7. The van der Waals surface area contributed by atoms with Gasteiger partial charge in [-0.25, -0.2) is 5.06 Å². The normalized spacial score (nSPS) is 31.2. The first kappa shape index (κ1) is 16.1. The number of likely N-dealkylation sites (tertiary alicyclic amines) is 1. The first-order valence-corrected chi connectivity index (χ1v) is 9.04. The molecule has 1 amide bonds. The minimum atomic E-state index is 0.0167. The van der Waals surface area contributed by atoms with Gasteiger partial charge in [0.15, 0.2) is 0 Å². The van der Waals surface area contributed by atoms with Crippen LogP contribution in [0.5, 0.6) is 0 Å². The maximum Gasteiger partial charge on any atom is 0.249 e. The Morgan fingerprint density at radius 3 is 2.92 bits per heavy atom.